The van der Waals surface area contributed by atoms with E-state index in [0.717, 1.165) is 11.6 Å². The second-order valence-corrected chi connectivity index (χ2v) is 6.75. The Bertz CT molecular complexity index is 857. The highest BCUT2D eigenvalue weighted by Gasteiger charge is 2.24. The zero-order valence-corrected chi connectivity index (χ0v) is 15.7. The van der Waals surface area contributed by atoms with Gasteiger partial charge in [-0.1, -0.05) is 23.7 Å². The van der Waals surface area contributed by atoms with E-state index in [0.29, 0.717) is 26.3 Å². The molecule has 1 amide bonds. The molecule has 9 heteroatoms. The van der Waals surface area contributed by atoms with Crippen molar-refractivity contribution in [2.75, 3.05) is 32.8 Å². The van der Waals surface area contributed by atoms with Crippen LogP contribution in [0.15, 0.2) is 42.5 Å². The van der Waals surface area contributed by atoms with Gasteiger partial charge in [0.2, 0.25) is 0 Å². The van der Waals surface area contributed by atoms with Crippen LogP contribution in [-0.4, -0.2) is 48.6 Å². The fourth-order valence-electron chi connectivity index (χ4n) is 3.12. The van der Waals surface area contributed by atoms with Gasteiger partial charge in [0.05, 0.1) is 34.8 Å². The van der Waals surface area contributed by atoms with Crippen molar-refractivity contribution in [2.45, 2.75) is 6.04 Å². The SMILES string of the molecule is O=C(NCC(c1ccc(F)cc1)N1CCOCC1)c1cc([N+](=O)[O-])ccc1Cl. The van der Waals surface area contributed by atoms with E-state index in [1.54, 1.807) is 12.1 Å². The van der Waals surface area contributed by atoms with Crippen LogP contribution in [-0.2, 0) is 4.74 Å². The molecule has 3 rings (SSSR count). The number of benzene rings is 2. The minimum Gasteiger partial charge on any atom is -0.379 e. The molecule has 1 N–H and O–H groups in total. The molecule has 0 radical (unpaired) electrons. The number of ether oxygens (including phenoxy) is 1. The van der Waals surface area contributed by atoms with Gasteiger partial charge in [-0.3, -0.25) is 19.8 Å². The summed E-state index contributed by atoms with van der Waals surface area (Å²) in [6, 6.07) is 9.65. The number of morpholine rings is 1. The van der Waals surface area contributed by atoms with Gasteiger partial charge in [0.15, 0.2) is 0 Å². The second kappa shape index (κ2) is 9.09. The van der Waals surface area contributed by atoms with Crippen molar-refractivity contribution in [3.05, 3.63) is 74.5 Å². The number of halogens is 2. The molecule has 1 atom stereocenters. The molecule has 148 valence electrons. The quantitative estimate of drug-likeness (QED) is 0.587. The molecular weight excluding hydrogens is 389 g/mol. The maximum Gasteiger partial charge on any atom is 0.270 e. The molecule has 7 nitrogen and oxygen atoms in total. The van der Waals surface area contributed by atoms with Gasteiger partial charge in [-0.2, -0.15) is 0 Å². The van der Waals surface area contributed by atoms with Crippen LogP contribution in [0, 0.1) is 15.9 Å². The molecular formula is C19H19ClFN3O4. The highest BCUT2D eigenvalue weighted by molar-refractivity contribution is 6.33. The van der Waals surface area contributed by atoms with Gasteiger partial charge in [-0.05, 0) is 23.8 Å². The molecule has 2 aromatic rings. The van der Waals surface area contributed by atoms with Crippen molar-refractivity contribution in [1.82, 2.24) is 10.2 Å². The van der Waals surface area contributed by atoms with Gasteiger partial charge in [0, 0.05) is 31.8 Å². The Kier molecular flexibility index (Phi) is 6.56. The molecule has 1 saturated heterocycles. The first-order valence-corrected chi connectivity index (χ1v) is 9.13. The first-order chi connectivity index (χ1) is 13.5. The number of non-ortho nitro benzene ring substituents is 1. The van der Waals surface area contributed by atoms with E-state index >= 15 is 0 Å². The molecule has 0 saturated carbocycles. The van der Waals surface area contributed by atoms with E-state index in [9.17, 15) is 19.3 Å². The zero-order valence-electron chi connectivity index (χ0n) is 14.9. The third-order valence-corrected chi connectivity index (χ3v) is 4.93. The van der Waals surface area contributed by atoms with E-state index in [-0.39, 0.29) is 34.7 Å². The van der Waals surface area contributed by atoms with Crippen LogP contribution < -0.4 is 5.32 Å². The van der Waals surface area contributed by atoms with Crippen LogP contribution in [0.5, 0.6) is 0 Å². The average molecular weight is 408 g/mol. The minimum atomic E-state index is -0.581. The number of hydrogen-bond donors (Lipinski definition) is 1. The Hall–Kier alpha value is -2.55. The predicted molar refractivity (Wildman–Crippen MR) is 102 cm³/mol. The Morgan fingerprint density at radius 2 is 1.93 bits per heavy atom. The summed E-state index contributed by atoms with van der Waals surface area (Å²) in [5.74, 6) is -0.842. The second-order valence-electron chi connectivity index (χ2n) is 6.35. The molecule has 1 aliphatic rings. The number of carbonyl (C=O) groups is 1. The Morgan fingerprint density at radius 3 is 2.57 bits per heavy atom. The fourth-order valence-corrected chi connectivity index (χ4v) is 3.32. The summed E-state index contributed by atoms with van der Waals surface area (Å²) in [7, 11) is 0. The van der Waals surface area contributed by atoms with Crippen molar-refractivity contribution >= 4 is 23.2 Å². The molecule has 1 aliphatic heterocycles. The van der Waals surface area contributed by atoms with Crippen LogP contribution in [0.25, 0.3) is 0 Å². The lowest BCUT2D eigenvalue weighted by Crippen LogP contribution is -2.43. The molecule has 0 aliphatic carbocycles. The Labute approximate surface area is 166 Å². The summed E-state index contributed by atoms with van der Waals surface area (Å²) in [5.41, 5.74) is 0.683. The summed E-state index contributed by atoms with van der Waals surface area (Å²) < 4.78 is 18.7. The third-order valence-electron chi connectivity index (χ3n) is 4.60. The predicted octanol–water partition coefficient (Wildman–Crippen LogP) is 3.19. The van der Waals surface area contributed by atoms with E-state index in [1.807, 2.05) is 0 Å². The number of amides is 1. The molecule has 1 fully saturated rings. The number of nitro benzene ring substituents is 1. The van der Waals surface area contributed by atoms with Crippen LogP contribution in [0.1, 0.15) is 22.0 Å². The number of hydrogen-bond acceptors (Lipinski definition) is 5. The van der Waals surface area contributed by atoms with Crippen LogP contribution in [0.3, 0.4) is 0 Å². The highest BCUT2D eigenvalue weighted by atomic mass is 35.5. The Morgan fingerprint density at radius 1 is 1.25 bits per heavy atom. The van der Waals surface area contributed by atoms with Gasteiger partial charge in [0.25, 0.3) is 11.6 Å². The van der Waals surface area contributed by atoms with Gasteiger partial charge in [-0.25, -0.2) is 4.39 Å². The van der Waals surface area contributed by atoms with E-state index in [1.165, 1.54) is 24.3 Å². The molecule has 2 aromatic carbocycles. The maximum atomic E-state index is 13.3. The smallest absolute Gasteiger partial charge is 0.270 e. The molecule has 28 heavy (non-hydrogen) atoms. The lowest BCUT2D eigenvalue weighted by atomic mass is 10.0. The summed E-state index contributed by atoms with van der Waals surface area (Å²) in [6.07, 6.45) is 0. The standard InChI is InChI=1S/C19H19ClFN3O4/c20-17-6-5-15(24(26)27)11-16(17)19(25)22-12-18(23-7-9-28-10-8-23)13-1-3-14(21)4-2-13/h1-6,11,18H,7-10,12H2,(H,22,25). The maximum absolute atomic E-state index is 13.3. The number of rotatable bonds is 6. The first kappa shape index (κ1) is 20.2. The third kappa shape index (κ3) is 4.83. The Balaban J connectivity index is 1.77. The number of nitrogens with one attached hydrogen (secondary N) is 1. The van der Waals surface area contributed by atoms with Crippen molar-refractivity contribution in [2.24, 2.45) is 0 Å². The monoisotopic (exact) mass is 407 g/mol. The molecule has 1 unspecified atom stereocenters. The van der Waals surface area contributed by atoms with Gasteiger partial charge in [0.1, 0.15) is 5.82 Å². The zero-order chi connectivity index (χ0) is 20.1. The summed E-state index contributed by atoms with van der Waals surface area (Å²) in [4.78, 5) is 25.1. The minimum absolute atomic E-state index is 0.0377. The first-order valence-electron chi connectivity index (χ1n) is 8.75. The van der Waals surface area contributed by atoms with Crippen molar-refractivity contribution in [1.29, 1.82) is 0 Å². The van der Waals surface area contributed by atoms with Crippen LogP contribution in [0.2, 0.25) is 5.02 Å². The summed E-state index contributed by atoms with van der Waals surface area (Å²) >= 11 is 6.04. The normalized spacial score (nSPS) is 15.8. The van der Waals surface area contributed by atoms with Crippen molar-refractivity contribution < 1.29 is 18.8 Å². The van der Waals surface area contributed by atoms with Crippen molar-refractivity contribution in [3.63, 3.8) is 0 Å². The highest BCUT2D eigenvalue weighted by Crippen LogP contribution is 2.24. The van der Waals surface area contributed by atoms with Gasteiger partial charge in [-0.15, -0.1) is 0 Å². The number of nitrogens with zero attached hydrogens (tertiary/aromatic N) is 2. The summed E-state index contributed by atoms with van der Waals surface area (Å²) in [5, 5.41) is 13.9. The molecule has 0 aromatic heterocycles. The van der Waals surface area contributed by atoms with E-state index in [4.69, 9.17) is 16.3 Å². The topological polar surface area (TPSA) is 84.7 Å². The van der Waals surface area contributed by atoms with Gasteiger partial charge < -0.3 is 10.1 Å². The fraction of sp³-hybridized carbons (Fsp3) is 0.316. The van der Waals surface area contributed by atoms with E-state index < -0.39 is 10.8 Å². The largest absolute Gasteiger partial charge is 0.379 e. The average Bonchev–Trinajstić information content (AvgIpc) is 2.70. The molecule has 0 bridgehead atoms. The molecule has 0 spiro atoms. The lowest BCUT2D eigenvalue weighted by Gasteiger charge is -2.35. The van der Waals surface area contributed by atoms with E-state index in [2.05, 4.69) is 10.2 Å². The number of nitro groups is 1. The van der Waals surface area contributed by atoms with Crippen LogP contribution in [0.4, 0.5) is 10.1 Å². The summed E-state index contributed by atoms with van der Waals surface area (Å²) in [6.45, 7) is 2.74. The molecule has 1 heterocycles. The van der Waals surface area contributed by atoms with Crippen molar-refractivity contribution in [3.8, 4) is 0 Å². The number of carbonyl (C=O) groups excluding carboxylic acids is 1. The lowest BCUT2D eigenvalue weighted by molar-refractivity contribution is -0.384. The van der Waals surface area contributed by atoms with Gasteiger partial charge >= 0.3 is 0 Å². The van der Waals surface area contributed by atoms with Crippen LogP contribution >= 0.6 is 11.6 Å².